The molecule has 2 aromatic carbocycles. The van der Waals surface area contributed by atoms with Crippen LogP contribution < -0.4 is 25.7 Å². The van der Waals surface area contributed by atoms with Crippen LogP contribution in [0.25, 0.3) is 0 Å². The van der Waals surface area contributed by atoms with Crippen LogP contribution in [0.4, 0.5) is 5.69 Å². The van der Waals surface area contributed by atoms with Gasteiger partial charge in [-0.25, -0.2) is 0 Å². The predicted octanol–water partition coefficient (Wildman–Crippen LogP) is 3.67. The number of benzene rings is 2. The third kappa shape index (κ3) is 3.63. The van der Waals surface area contributed by atoms with Crippen molar-refractivity contribution in [3.05, 3.63) is 59.0 Å². The van der Waals surface area contributed by atoms with Gasteiger partial charge >= 0.3 is 0 Å². The second kappa shape index (κ2) is 7.92. The molecular formula is C21H23N3O3. The van der Waals surface area contributed by atoms with Crippen LogP contribution in [0.3, 0.4) is 0 Å². The summed E-state index contributed by atoms with van der Waals surface area (Å²) in [5.41, 5.74) is 14.5. The van der Waals surface area contributed by atoms with Crippen molar-refractivity contribution < 1.29 is 14.2 Å². The maximum absolute atomic E-state index is 9.67. The van der Waals surface area contributed by atoms with Gasteiger partial charge < -0.3 is 25.7 Å². The molecule has 1 heterocycles. The number of anilines is 1. The van der Waals surface area contributed by atoms with Gasteiger partial charge in [-0.15, -0.1) is 0 Å². The maximum atomic E-state index is 9.67. The van der Waals surface area contributed by atoms with Crippen molar-refractivity contribution in [3.63, 3.8) is 0 Å². The highest BCUT2D eigenvalue weighted by Gasteiger charge is 2.31. The highest BCUT2D eigenvalue weighted by atomic mass is 16.5. The van der Waals surface area contributed by atoms with E-state index >= 15 is 0 Å². The van der Waals surface area contributed by atoms with Crippen LogP contribution in [-0.4, -0.2) is 13.2 Å². The maximum Gasteiger partial charge on any atom is 0.205 e. The van der Waals surface area contributed by atoms with Crippen LogP contribution in [-0.2, 0) is 0 Å². The molecule has 1 aliphatic heterocycles. The minimum Gasteiger partial charge on any atom is -0.490 e. The molecule has 27 heavy (non-hydrogen) atoms. The summed E-state index contributed by atoms with van der Waals surface area (Å²) < 4.78 is 17.2. The number of nitrogens with two attached hydrogens (primary N) is 2. The van der Waals surface area contributed by atoms with E-state index in [9.17, 15) is 5.26 Å². The smallest absolute Gasteiger partial charge is 0.205 e. The van der Waals surface area contributed by atoms with Gasteiger partial charge in [-0.3, -0.25) is 0 Å². The van der Waals surface area contributed by atoms with Crippen LogP contribution in [0.2, 0.25) is 0 Å². The third-order valence-electron chi connectivity index (χ3n) is 4.31. The number of hydrogen-bond acceptors (Lipinski definition) is 6. The first-order valence-corrected chi connectivity index (χ1v) is 8.95. The minimum atomic E-state index is -0.362. The zero-order valence-corrected chi connectivity index (χ0v) is 15.5. The molecule has 1 aliphatic rings. The van der Waals surface area contributed by atoms with Crippen molar-refractivity contribution in [3.8, 4) is 23.3 Å². The summed E-state index contributed by atoms with van der Waals surface area (Å²) in [5.74, 6) is 1.61. The van der Waals surface area contributed by atoms with E-state index < -0.39 is 0 Å². The van der Waals surface area contributed by atoms with Crippen LogP contribution in [0.15, 0.2) is 47.9 Å². The Bertz CT molecular complexity index is 915. The van der Waals surface area contributed by atoms with E-state index in [0.29, 0.717) is 41.7 Å². The number of nitriles is 1. The van der Waals surface area contributed by atoms with Gasteiger partial charge in [0.05, 0.1) is 19.1 Å². The molecule has 0 spiro atoms. The van der Waals surface area contributed by atoms with Gasteiger partial charge in [0.1, 0.15) is 17.4 Å². The Labute approximate surface area is 158 Å². The fraction of sp³-hybridized carbons (Fsp3) is 0.286. The molecule has 6 nitrogen and oxygen atoms in total. The SMILES string of the molecule is CCCOc1ccc([C@@H]2C(C#N)=C(N)Oc3cc(N)ccc32)cc1OCC. The largest absolute Gasteiger partial charge is 0.490 e. The van der Waals surface area contributed by atoms with Crippen LogP contribution in [0, 0.1) is 11.3 Å². The number of allylic oxidation sites excluding steroid dienone is 1. The van der Waals surface area contributed by atoms with E-state index in [1.54, 1.807) is 12.1 Å². The Balaban J connectivity index is 2.11. The number of nitrogen functional groups attached to an aromatic ring is 1. The Kier molecular flexibility index (Phi) is 5.41. The van der Waals surface area contributed by atoms with Gasteiger partial charge in [0.25, 0.3) is 0 Å². The number of ether oxygens (including phenoxy) is 3. The van der Waals surface area contributed by atoms with Gasteiger partial charge in [-0.05, 0) is 37.1 Å². The normalized spacial score (nSPS) is 15.5. The summed E-state index contributed by atoms with van der Waals surface area (Å²) in [5, 5.41) is 9.67. The molecule has 4 N–H and O–H groups in total. The lowest BCUT2D eigenvalue weighted by molar-refractivity contribution is 0.276. The fourth-order valence-electron chi connectivity index (χ4n) is 3.12. The van der Waals surface area contributed by atoms with Crippen molar-refractivity contribution in [1.29, 1.82) is 5.26 Å². The average Bonchev–Trinajstić information content (AvgIpc) is 2.66. The highest BCUT2D eigenvalue weighted by Crippen LogP contribution is 2.44. The average molecular weight is 365 g/mol. The monoisotopic (exact) mass is 365 g/mol. The zero-order chi connectivity index (χ0) is 19.4. The highest BCUT2D eigenvalue weighted by molar-refractivity contribution is 5.60. The first kappa shape index (κ1) is 18.5. The minimum absolute atomic E-state index is 0.0878. The summed E-state index contributed by atoms with van der Waals surface area (Å²) in [4.78, 5) is 0. The van der Waals surface area contributed by atoms with Crippen molar-refractivity contribution in [1.82, 2.24) is 0 Å². The van der Waals surface area contributed by atoms with Crippen LogP contribution in [0.1, 0.15) is 37.3 Å². The molecule has 0 radical (unpaired) electrons. The van der Waals surface area contributed by atoms with Crippen molar-refractivity contribution >= 4 is 5.69 Å². The van der Waals surface area contributed by atoms with E-state index in [1.807, 2.05) is 38.1 Å². The van der Waals surface area contributed by atoms with E-state index in [2.05, 4.69) is 6.07 Å². The summed E-state index contributed by atoms with van der Waals surface area (Å²) in [6, 6.07) is 13.2. The summed E-state index contributed by atoms with van der Waals surface area (Å²) in [6.45, 7) is 5.08. The lowest BCUT2D eigenvalue weighted by Crippen LogP contribution is -2.21. The summed E-state index contributed by atoms with van der Waals surface area (Å²) in [7, 11) is 0. The topological polar surface area (TPSA) is 104 Å². The van der Waals surface area contributed by atoms with Gasteiger partial charge in [0.15, 0.2) is 11.5 Å². The second-order valence-corrected chi connectivity index (χ2v) is 6.21. The lowest BCUT2D eigenvalue weighted by Gasteiger charge is -2.27. The Morgan fingerprint density at radius 2 is 1.89 bits per heavy atom. The van der Waals surface area contributed by atoms with E-state index in [1.165, 1.54) is 0 Å². The molecule has 0 aromatic heterocycles. The van der Waals surface area contributed by atoms with Gasteiger partial charge in [0.2, 0.25) is 5.88 Å². The molecule has 0 saturated heterocycles. The Morgan fingerprint density at radius 1 is 1.07 bits per heavy atom. The van der Waals surface area contributed by atoms with Crippen molar-refractivity contribution in [2.45, 2.75) is 26.2 Å². The quantitative estimate of drug-likeness (QED) is 0.757. The molecule has 140 valence electrons. The Hall–Kier alpha value is -3.33. The molecule has 0 saturated carbocycles. The number of fused-ring (bicyclic) bond motifs is 1. The van der Waals surface area contributed by atoms with Gasteiger partial charge in [-0.2, -0.15) is 5.26 Å². The first-order valence-electron chi connectivity index (χ1n) is 8.95. The van der Waals surface area contributed by atoms with Gasteiger partial charge in [0, 0.05) is 17.3 Å². The van der Waals surface area contributed by atoms with Crippen molar-refractivity contribution in [2.24, 2.45) is 5.73 Å². The zero-order valence-electron chi connectivity index (χ0n) is 15.5. The standard InChI is InChI=1S/C21H23N3O3/c1-3-9-26-17-8-5-13(10-19(17)25-4-2)20-15-7-6-14(23)11-18(15)27-21(24)16(20)12-22/h5-8,10-11,20H,3-4,9,23-24H2,1-2H3/t20-/m0/s1. The fourth-order valence-corrected chi connectivity index (χ4v) is 3.12. The molecule has 0 unspecified atom stereocenters. The molecule has 3 rings (SSSR count). The molecule has 6 heteroatoms. The summed E-state index contributed by atoms with van der Waals surface area (Å²) in [6.07, 6.45) is 0.903. The Morgan fingerprint density at radius 3 is 2.59 bits per heavy atom. The van der Waals surface area contributed by atoms with Crippen molar-refractivity contribution in [2.75, 3.05) is 18.9 Å². The van der Waals surface area contributed by atoms with Gasteiger partial charge in [-0.1, -0.05) is 19.1 Å². The second-order valence-electron chi connectivity index (χ2n) is 6.21. The molecule has 0 fully saturated rings. The lowest BCUT2D eigenvalue weighted by atomic mass is 9.83. The molecule has 1 atom stereocenters. The molecular weight excluding hydrogens is 342 g/mol. The number of hydrogen-bond donors (Lipinski definition) is 2. The molecule has 0 bridgehead atoms. The number of rotatable bonds is 6. The third-order valence-corrected chi connectivity index (χ3v) is 4.31. The van der Waals surface area contributed by atoms with E-state index in [4.69, 9.17) is 25.7 Å². The number of nitrogens with zero attached hydrogens (tertiary/aromatic N) is 1. The molecule has 2 aromatic rings. The molecule has 0 aliphatic carbocycles. The molecule has 0 amide bonds. The van der Waals surface area contributed by atoms with Crippen LogP contribution >= 0.6 is 0 Å². The summed E-state index contributed by atoms with van der Waals surface area (Å²) >= 11 is 0. The van der Waals surface area contributed by atoms with E-state index in [0.717, 1.165) is 17.5 Å². The first-order chi connectivity index (χ1) is 13.1. The van der Waals surface area contributed by atoms with Crippen LogP contribution in [0.5, 0.6) is 17.2 Å². The van der Waals surface area contributed by atoms with E-state index in [-0.39, 0.29) is 11.8 Å². The predicted molar refractivity (Wildman–Crippen MR) is 104 cm³/mol.